The number of aliphatic hydroxyl groups excluding tert-OH is 1. The molecule has 0 spiro atoms. The predicted molar refractivity (Wildman–Crippen MR) is 108 cm³/mol. The molecule has 2 aliphatic rings. The second kappa shape index (κ2) is 8.52. The van der Waals surface area contributed by atoms with Crippen molar-refractivity contribution in [3.8, 4) is 0 Å². The van der Waals surface area contributed by atoms with Gasteiger partial charge in [0.15, 0.2) is 0 Å². The number of benzene rings is 1. The average Bonchev–Trinajstić information content (AvgIpc) is 3.40. The van der Waals surface area contributed by atoms with E-state index in [1.165, 1.54) is 23.3 Å². The van der Waals surface area contributed by atoms with Crippen LogP contribution in [0.1, 0.15) is 44.6 Å². The average molecular weight is 386 g/mol. The third kappa shape index (κ3) is 4.24. The Hall–Kier alpha value is -1.73. The van der Waals surface area contributed by atoms with Gasteiger partial charge in [0.2, 0.25) is 0 Å². The number of nitrogens with zero attached hydrogens (tertiary/aromatic N) is 2. The van der Waals surface area contributed by atoms with E-state index in [9.17, 15) is 9.90 Å². The van der Waals surface area contributed by atoms with Crippen LogP contribution < -0.4 is 5.32 Å². The summed E-state index contributed by atoms with van der Waals surface area (Å²) in [7, 11) is 0. The Kier molecular flexibility index (Phi) is 5.88. The zero-order valence-corrected chi connectivity index (χ0v) is 16.4. The zero-order chi connectivity index (χ0) is 18.6. The number of nitrogens with one attached hydrogen (secondary N) is 1. The first-order valence-corrected chi connectivity index (χ1v) is 10.6. The van der Waals surface area contributed by atoms with E-state index in [4.69, 9.17) is 0 Å². The number of carbonyl (C=O) groups excluding carboxylic acids is 1. The summed E-state index contributed by atoms with van der Waals surface area (Å²) in [5.41, 5.74) is 2.16. The third-order valence-corrected chi connectivity index (χ3v) is 6.77. The van der Waals surface area contributed by atoms with Gasteiger partial charge in [-0.05, 0) is 42.6 Å². The number of piperazine rings is 1. The Morgan fingerprint density at radius 2 is 1.89 bits per heavy atom. The number of hydrogen-bond acceptors (Lipinski definition) is 5. The highest BCUT2D eigenvalue weighted by Crippen LogP contribution is 2.30. The minimum atomic E-state index is 0.0746. The molecule has 2 saturated heterocycles. The molecule has 1 unspecified atom stereocenters. The van der Waals surface area contributed by atoms with Gasteiger partial charge in [0.25, 0.3) is 5.91 Å². The van der Waals surface area contributed by atoms with Crippen molar-refractivity contribution in [2.75, 3.05) is 32.7 Å². The molecule has 6 heteroatoms. The molecule has 2 aromatic rings. The van der Waals surface area contributed by atoms with Crippen LogP contribution in [0.2, 0.25) is 0 Å². The lowest BCUT2D eigenvalue weighted by Gasteiger charge is -2.34. The Morgan fingerprint density at radius 3 is 2.59 bits per heavy atom. The molecule has 0 bridgehead atoms. The first kappa shape index (κ1) is 18.6. The van der Waals surface area contributed by atoms with Crippen LogP contribution in [0.15, 0.2) is 36.4 Å². The number of carbonyl (C=O) groups is 1. The number of hydrogen-bond donors (Lipinski definition) is 2. The molecule has 2 fully saturated rings. The van der Waals surface area contributed by atoms with Gasteiger partial charge < -0.3 is 15.3 Å². The molecule has 0 aliphatic carbocycles. The maximum atomic E-state index is 12.9. The summed E-state index contributed by atoms with van der Waals surface area (Å²) in [5.74, 6) is 0.166. The van der Waals surface area contributed by atoms with Gasteiger partial charge >= 0.3 is 0 Å². The normalized spacial score (nSPS) is 20.9. The highest BCUT2D eigenvalue weighted by Gasteiger charge is 2.25. The van der Waals surface area contributed by atoms with Crippen molar-refractivity contribution in [3.05, 3.63) is 57.3 Å². The van der Waals surface area contributed by atoms with Gasteiger partial charge in [0.05, 0.1) is 11.5 Å². The lowest BCUT2D eigenvalue weighted by Crippen LogP contribution is -2.48. The van der Waals surface area contributed by atoms with Crippen LogP contribution in [0.4, 0.5) is 0 Å². The van der Waals surface area contributed by atoms with E-state index in [0.717, 1.165) is 49.7 Å². The van der Waals surface area contributed by atoms with Crippen LogP contribution in [0.25, 0.3) is 0 Å². The topological polar surface area (TPSA) is 55.8 Å². The van der Waals surface area contributed by atoms with Crippen LogP contribution >= 0.6 is 11.3 Å². The largest absolute Gasteiger partial charge is 0.392 e. The molecule has 2 aliphatic heterocycles. The Labute approximate surface area is 164 Å². The molecule has 1 atom stereocenters. The molecule has 5 nitrogen and oxygen atoms in total. The lowest BCUT2D eigenvalue weighted by molar-refractivity contribution is 0.0632. The molecule has 144 valence electrons. The fraction of sp³-hybridized carbons (Fsp3) is 0.476. The van der Waals surface area contributed by atoms with Crippen LogP contribution in [0.3, 0.4) is 0 Å². The second-order valence-electron chi connectivity index (χ2n) is 7.35. The summed E-state index contributed by atoms with van der Waals surface area (Å²) >= 11 is 1.65. The van der Waals surface area contributed by atoms with E-state index in [1.54, 1.807) is 11.3 Å². The first-order valence-electron chi connectivity index (χ1n) is 9.77. The van der Waals surface area contributed by atoms with Crippen LogP contribution in [0, 0.1) is 0 Å². The van der Waals surface area contributed by atoms with E-state index >= 15 is 0 Å². The Balaban J connectivity index is 1.33. The first-order chi connectivity index (χ1) is 13.2. The maximum Gasteiger partial charge on any atom is 0.264 e. The van der Waals surface area contributed by atoms with Crippen molar-refractivity contribution in [2.45, 2.75) is 32.0 Å². The molecule has 2 N–H and O–H groups in total. The van der Waals surface area contributed by atoms with E-state index in [2.05, 4.69) is 22.3 Å². The Bertz CT molecular complexity index is 777. The molecular weight excluding hydrogens is 358 g/mol. The molecule has 3 heterocycles. The van der Waals surface area contributed by atoms with Gasteiger partial charge in [-0.1, -0.05) is 24.3 Å². The van der Waals surface area contributed by atoms with Crippen molar-refractivity contribution in [2.24, 2.45) is 0 Å². The number of rotatable bonds is 5. The second-order valence-corrected chi connectivity index (χ2v) is 8.46. The van der Waals surface area contributed by atoms with Gasteiger partial charge in [-0.2, -0.15) is 0 Å². The Morgan fingerprint density at radius 1 is 1.11 bits per heavy atom. The minimum Gasteiger partial charge on any atom is -0.392 e. The molecule has 1 amide bonds. The van der Waals surface area contributed by atoms with E-state index < -0.39 is 0 Å². The van der Waals surface area contributed by atoms with Crippen molar-refractivity contribution in [1.82, 2.24) is 15.1 Å². The van der Waals surface area contributed by atoms with Gasteiger partial charge in [0.1, 0.15) is 0 Å². The maximum absolute atomic E-state index is 12.9. The number of thiophene rings is 1. The molecule has 0 radical (unpaired) electrons. The summed E-state index contributed by atoms with van der Waals surface area (Å²) in [5, 5.41) is 13.0. The third-order valence-electron chi connectivity index (χ3n) is 5.58. The fourth-order valence-corrected chi connectivity index (χ4v) is 5.04. The van der Waals surface area contributed by atoms with Crippen molar-refractivity contribution in [3.63, 3.8) is 0 Å². The standard InChI is InChI=1S/C21H27N3O2S/c25-15-17-5-2-1-4-16(17)14-23-10-12-24(13-11-23)21(26)20-8-7-19(27-20)18-6-3-9-22-18/h1-2,4-5,7-8,18,22,25H,3,6,9-15H2. The summed E-state index contributed by atoms with van der Waals surface area (Å²) in [6.45, 7) is 5.24. The van der Waals surface area contributed by atoms with Gasteiger partial charge in [0, 0.05) is 43.6 Å². The number of aliphatic hydroxyl groups is 1. The van der Waals surface area contributed by atoms with Gasteiger partial charge in [-0.3, -0.25) is 9.69 Å². The van der Waals surface area contributed by atoms with Crippen LogP contribution in [-0.4, -0.2) is 53.5 Å². The van der Waals surface area contributed by atoms with Crippen LogP contribution in [-0.2, 0) is 13.2 Å². The molecule has 1 aromatic carbocycles. The molecule has 27 heavy (non-hydrogen) atoms. The quantitative estimate of drug-likeness (QED) is 0.831. The van der Waals surface area contributed by atoms with E-state index in [-0.39, 0.29) is 12.5 Å². The summed E-state index contributed by atoms with van der Waals surface area (Å²) in [6.07, 6.45) is 2.38. The highest BCUT2D eigenvalue weighted by molar-refractivity contribution is 7.14. The van der Waals surface area contributed by atoms with E-state index in [0.29, 0.717) is 6.04 Å². The lowest BCUT2D eigenvalue weighted by atomic mass is 10.1. The van der Waals surface area contributed by atoms with E-state index in [1.807, 2.05) is 29.2 Å². The predicted octanol–water partition coefficient (Wildman–Crippen LogP) is 2.62. The van der Waals surface area contributed by atoms with Crippen LogP contribution in [0.5, 0.6) is 0 Å². The van der Waals surface area contributed by atoms with Gasteiger partial charge in [-0.15, -0.1) is 11.3 Å². The SMILES string of the molecule is O=C(c1ccc(C2CCCN2)s1)N1CCN(Cc2ccccc2CO)CC1. The summed E-state index contributed by atoms with van der Waals surface area (Å²) < 4.78 is 0. The van der Waals surface area contributed by atoms with Crippen molar-refractivity contribution < 1.29 is 9.90 Å². The minimum absolute atomic E-state index is 0.0746. The fourth-order valence-electron chi connectivity index (χ4n) is 3.95. The highest BCUT2D eigenvalue weighted by atomic mass is 32.1. The summed E-state index contributed by atoms with van der Waals surface area (Å²) in [6, 6.07) is 12.6. The summed E-state index contributed by atoms with van der Waals surface area (Å²) in [4.78, 5) is 19.3. The monoisotopic (exact) mass is 385 g/mol. The smallest absolute Gasteiger partial charge is 0.264 e. The van der Waals surface area contributed by atoms with Crippen molar-refractivity contribution in [1.29, 1.82) is 0 Å². The zero-order valence-electron chi connectivity index (χ0n) is 15.6. The molecule has 1 aromatic heterocycles. The van der Waals surface area contributed by atoms with Crippen molar-refractivity contribution >= 4 is 17.2 Å². The molecule has 4 rings (SSSR count). The van der Waals surface area contributed by atoms with Gasteiger partial charge in [-0.25, -0.2) is 0 Å². The molecule has 0 saturated carbocycles. The number of amides is 1. The molecular formula is C21H27N3O2S.